The molecule has 3 saturated heterocycles. The Morgan fingerprint density at radius 2 is 1.47 bits per heavy atom. The first-order valence-electron chi connectivity index (χ1n) is 26.1. The van der Waals surface area contributed by atoms with Crippen LogP contribution in [0.1, 0.15) is 89.0 Å². The molecular weight excluding hydrogens is 951 g/mol. The standard InChI is InChI=1S/C57H67N11O5S/c1-34-51(74-33-62-34)40-19-15-38(16-20-40)27-59-54(72)48-25-44(69)32-67(48)55(73)52(57(2,3)4)63-50(71)24-37-11-9-35(10-12-37)23-36-13-17-39(18-14-36)41-28-60-56(61-29-41)68-42-21-22-43(68)31-66(30-42)47-26-46(64-65-53(47)58)45-7-5-6-8-49(45)70/h5-8,13-20,26,28-29,33,35,37,42-44,48,52,69-70H,9-12,21-25,27,30-32H2,1-4H3,(H2,58,65)(H,59,72)(H,63,71)/t35?,37?,42?,43?,44-,48+,52-/m1/s1. The number of aryl methyl sites for hydroxylation is 1. The highest BCUT2D eigenvalue weighted by molar-refractivity contribution is 7.13. The molecule has 2 bridgehead atoms. The SMILES string of the molecule is Cc1ncsc1-c1ccc(CNC(=O)[C@@H]2C[C@@H](O)CN2C(=O)[C@@H](NC(=O)CC2CCC(Cc3ccc(-c4cnc(N5C6CCC5CN(c5cc(-c7ccccc7O)nnc5N)C6)nc4)cc3)CC2)C(C)(C)C)cc1. The van der Waals surface area contributed by atoms with Crippen LogP contribution in [0, 0.1) is 24.2 Å². The van der Waals surface area contributed by atoms with Crippen LogP contribution in [0.25, 0.3) is 32.8 Å². The zero-order valence-electron chi connectivity index (χ0n) is 42.7. The molecule has 5 atom stereocenters. The smallest absolute Gasteiger partial charge is 0.246 e. The lowest BCUT2D eigenvalue weighted by Gasteiger charge is -2.42. The van der Waals surface area contributed by atoms with E-state index in [0.717, 1.165) is 102 Å². The summed E-state index contributed by atoms with van der Waals surface area (Å²) in [5.74, 6) is 1.16. The summed E-state index contributed by atoms with van der Waals surface area (Å²) in [4.78, 5) is 62.8. The number of nitrogen functional groups attached to an aromatic ring is 1. The van der Waals surface area contributed by atoms with E-state index in [-0.39, 0.29) is 61.0 Å². The summed E-state index contributed by atoms with van der Waals surface area (Å²) < 4.78 is 0. The van der Waals surface area contributed by atoms with Gasteiger partial charge in [0.2, 0.25) is 23.7 Å². The molecule has 3 amide bonds. The molecule has 3 aromatic heterocycles. The Bertz CT molecular complexity index is 2940. The number of β-amino-alcohol motifs (C(OH)–C–C–N with tert-alkyl or cyclic N) is 1. The number of nitrogens with two attached hydrogens (primary N) is 1. The summed E-state index contributed by atoms with van der Waals surface area (Å²) in [7, 11) is 0. The second kappa shape index (κ2) is 21.5. The number of nitrogens with zero attached hydrogens (tertiary/aromatic N) is 8. The second-order valence-electron chi connectivity index (χ2n) is 21.9. The van der Waals surface area contributed by atoms with Crippen LogP contribution >= 0.6 is 11.3 Å². The van der Waals surface area contributed by atoms with Crippen LogP contribution in [-0.2, 0) is 27.3 Å². The van der Waals surface area contributed by atoms with Crippen LogP contribution in [0.3, 0.4) is 0 Å². The number of piperazine rings is 1. The molecule has 386 valence electrons. The van der Waals surface area contributed by atoms with E-state index < -0.39 is 23.6 Å². The molecule has 6 aromatic rings. The minimum atomic E-state index is -0.857. The maximum atomic E-state index is 14.2. The van der Waals surface area contributed by atoms with Crippen LogP contribution in [0.2, 0.25) is 0 Å². The van der Waals surface area contributed by atoms with E-state index in [4.69, 9.17) is 15.7 Å². The largest absolute Gasteiger partial charge is 0.507 e. The lowest BCUT2D eigenvalue weighted by molar-refractivity contribution is -0.144. The number of aliphatic hydroxyl groups is 1. The van der Waals surface area contributed by atoms with Gasteiger partial charge in [-0.25, -0.2) is 15.0 Å². The van der Waals surface area contributed by atoms with Gasteiger partial charge in [-0.3, -0.25) is 14.4 Å². The molecule has 16 nitrogen and oxygen atoms in total. The number of likely N-dealkylation sites (tertiary alicyclic amines) is 1. The Kier molecular flexibility index (Phi) is 14.7. The number of aromatic hydroxyl groups is 1. The van der Waals surface area contributed by atoms with Crippen molar-refractivity contribution in [1.29, 1.82) is 0 Å². The molecule has 0 radical (unpaired) electrons. The molecular formula is C57H67N11O5S. The maximum absolute atomic E-state index is 14.2. The van der Waals surface area contributed by atoms with Crippen LogP contribution in [0.5, 0.6) is 5.75 Å². The molecule has 1 aliphatic carbocycles. The van der Waals surface area contributed by atoms with Crippen molar-refractivity contribution in [3.05, 3.63) is 114 Å². The van der Waals surface area contributed by atoms with Gasteiger partial charge >= 0.3 is 0 Å². The van der Waals surface area contributed by atoms with Crippen molar-refractivity contribution in [3.8, 4) is 38.6 Å². The zero-order chi connectivity index (χ0) is 51.7. The Hall–Kier alpha value is -6.98. The van der Waals surface area contributed by atoms with Crippen molar-refractivity contribution >= 4 is 46.5 Å². The summed E-state index contributed by atoms with van der Waals surface area (Å²) in [5.41, 5.74) is 15.9. The molecule has 0 spiro atoms. The number of aliphatic hydroxyl groups excluding tert-OH is 1. The van der Waals surface area contributed by atoms with Crippen molar-refractivity contribution in [3.63, 3.8) is 0 Å². The van der Waals surface area contributed by atoms with Gasteiger partial charge in [0.15, 0.2) is 5.82 Å². The van der Waals surface area contributed by atoms with E-state index in [0.29, 0.717) is 29.4 Å². The number of benzene rings is 3. The predicted octanol–water partition coefficient (Wildman–Crippen LogP) is 7.73. The monoisotopic (exact) mass is 1020 g/mol. The van der Waals surface area contributed by atoms with Crippen LogP contribution in [0.15, 0.2) is 96.8 Å². The number of rotatable bonds is 14. The van der Waals surface area contributed by atoms with Gasteiger partial charge in [-0.05, 0) is 110 Å². The summed E-state index contributed by atoms with van der Waals surface area (Å²) in [6.45, 7) is 9.55. The maximum Gasteiger partial charge on any atom is 0.246 e. The minimum absolute atomic E-state index is 0.0343. The van der Waals surface area contributed by atoms with E-state index in [2.05, 4.69) is 59.9 Å². The highest BCUT2D eigenvalue weighted by Crippen LogP contribution is 2.39. The number of amides is 3. The molecule has 3 aromatic carbocycles. The van der Waals surface area contributed by atoms with Gasteiger partial charge in [0.05, 0.1) is 33.6 Å². The van der Waals surface area contributed by atoms with Gasteiger partial charge in [-0.15, -0.1) is 21.5 Å². The number of phenolic OH excluding ortho intramolecular Hbond substituents is 1. The van der Waals surface area contributed by atoms with Crippen molar-refractivity contribution < 1.29 is 24.6 Å². The van der Waals surface area contributed by atoms with Crippen molar-refractivity contribution in [2.45, 2.75) is 122 Å². The molecule has 1 saturated carbocycles. The normalized spacial score (nSPS) is 22.1. The fourth-order valence-corrected chi connectivity index (χ4v) is 12.4. The third-order valence-electron chi connectivity index (χ3n) is 15.6. The van der Waals surface area contributed by atoms with Gasteiger partial charge in [0.1, 0.15) is 17.8 Å². The van der Waals surface area contributed by atoms with Gasteiger partial charge in [0.25, 0.3) is 0 Å². The highest BCUT2D eigenvalue weighted by atomic mass is 32.1. The van der Waals surface area contributed by atoms with Crippen LogP contribution in [-0.4, -0.2) is 108 Å². The summed E-state index contributed by atoms with van der Waals surface area (Å²) in [5, 5.41) is 35.7. The average molecular weight is 1020 g/mol. The van der Waals surface area contributed by atoms with E-state index in [1.165, 1.54) is 10.5 Å². The van der Waals surface area contributed by atoms with E-state index in [9.17, 15) is 24.6 Å². The van der Waals surface area contributed by atoms with E-state index >= 15 is 0 Å². The first-order chi connectivity index (χ1) is 35.6. The molecule has 6 N–H and O–H groups in total. The van der Waals surface area contributed by atoms with Crippen molar-refractivity contribution in [2.75, 3.05) is 35.2 Å². The number of carbonyl (C=O) groups excluding carboxylic acids is 3. The minimum Gasteiger partial charge on any atom is -0.507 e. The summed E-state index contributed by atoms with van der Waals surface area (Å²) in [6, 6.07) is 24.5. The Labute approximate surface area is 436 Å². The predicted molar refractivity (Wildman–Crippen MR) is 288 cm³/mol. The average Bonchev–Trinajstić information content (AvgIpc) is 4.09. The number of nitrogens with one attached hydrogen (secondary N) is 2. The Morgan fingerprint density at radius 3 is 2.14 bits per heavy atom. The van der Waals surface area contributed by atoms with Crippen molar-refractivity contribution in [1.82, 2.24) is 40.7 Å². The van der Waals surface area contributed by atoms with Crippen molar-refractivity contribution in [2.24, 2.45) is 17.3 Å². The van der Waals surface area contributed by atoms with Gasteiger partial charge in [0, 0.05) is 74.6 Å². The van der Waals surface area contributed by atoms with Gasteiger partial charge in [-0.2, -0.15) is 0 Å². The molecule has 74 heavy (non-hydrogen) atoms. The fraction of sp³-hybridized carbons (Fsp3) is 0.439. The Balaban J connectivity index is 0.682. The molecule has 4 aliphatic rings. The molecule has 6 heterocycles. The first-order valence-corrected chi connectivity index (χ1v) is 26.9. The molecule has 4 fully saturated rings. The lowest BCUT2D eigenvalue weighted by atomic mass is 9.78. The van der Waals surface area contributed by atoms with Gasteiger partial charge in [-0.1, -0.05) is 81.4 Å². The van der Waals surface area contributed by atoms with Crippen LogP contribution in [0.4, 0.5) is 17.5 Å². The first kappa shape index (κ1) is 50.5. The lowest BCUT2D eigenvalue weighted by Crippen LogP contribution is -2.57. The highest BCUT2D eigenvalue weighted by Gasteiger charge is 2.45. The summed E-state index contributed by atoms with van der Waals surface area (Å²) in [6.07, 6.45) is 10.4. The number of fused-ring (bicyclic) bond motifs is 2. The van der Waals surface area contributed by atoms with E-state index in [1.54, 1.807) is 23.5 Å². The number of carbonyl (C=O) groups is 3. The number of phenols is 1. The summed E-state index contributed by atoms with van der Waals surface area (Å²) >= 11 is 1.59. The number of thiazole rings is 1. The third kappa shape index (κ3) is 11.1. The number of hydrogen-bond donors (Lipinski definition) is 5. The third-order valence-corrected chi connectivity index (χ3v) is 16.6. The van der Waals surface area contributed by atoms with E-state index in [1.807, 2.05) is 88.1 Å². The molecule has 3 aliphatic heterocycles. The number of para-hydroxylation sites is 1. The molecule has 10 rings (SSSR count). The molecule has 17 heteroatoms. The molecule has 2 unspecified atom stereocenters. The Morgan fingerprint density at radius 1 is 0.811 bits per heavy atom. The number of hydrogen-bond acceptors (Lipinski definition) is 14. The van der Waals surface area contributed by atoms with Gasteiger partial charge < -0.3 is 41.3 Å². The number of anilines is 3. The zero-order valence-corrected chi connectivity index (χ0v) is 43.5. The fourth-order valence-electron chi connectivity index (χ4n) is 11.6. The topological polar surface area (TPSA) is 216 Å². The number of aromatic nitrogens is 5. The quantitative estimate of drug-likeness (QED) is 0.0707. The van der Waals surface area contributed by atoms with Crippen LogP contribution < -0.4 is 26.2 Å². The second-order valence-corrected chi connectivity index (χ2v) is 22.8.